The zero-order chi connectivity index (χ0) is 12.0. The molecule has 1 aliphatic carbocycles. The Hall–Kier alpha value is -0.0800. The van der Waals surface area contributed by atoms with Gasteiger partial charge in [0.15, 0.2) is 0 Å². The van der Waals surface area contributed by atoms with Crippen LogP contribution in [0.4, 0.5) is 0 Å². The van der Waals surface area contributed by atoms with E-state index in [1.165, 1.54) is 38.8 Å². The van der Waals surface area contributed by atoms with Crippen LogP contribution in [0.25, 0.3) is 0 Å². The van der Waals surface area contributed by atoms with E-state index in [1.54, 1.807) is 0 Å². The Morgan fingerprint density at radius 2 is 1.88 bits per heavy atom. The maximum Gasteiger partial charge on any atom is 0.0110 e. The predicted molar refractivity (Wildman–Crippen MR) is 71.8 cm³/mol. The van der Waals surface area contributed by atoms with Crippen molar-refractivity contribution in [1.29, 1.82) is 0 Å². The lowest BCUT2D eigenvalue weighted by molar-refractivity contribution is 0.244. The van der Waals surface area contributed by atoms with Gasteiger partial charge in [0.05, 0.1) is 0 Å². The van der Waals surface area contributed by atoms with Crippen LogP contribution < -0.4 is 5.32 Å². The van der Waals surface area contributed by atoms with Gasteiger partial charge in [0, 0.05) is 25.2 Å². The van der Waals surface area contributed by atoms with Crippen LogP contribution in [0.5, 0.6) is 0 Å². The SMILES string of the molecule is CCC(C)NCCN(CCC(C)C)C1CC1. The van der Waals surface area contributed by atoms with Crippen LogP contribution >= 0.6 is 0 Å². The molecule has 16 heavy (non-hydrogen) atoms. The highest BCUT2D eigenvalue weighted by Gasteiger charge is 2.28. The van der Waals surface area contributed by atoms with Crippen LogP contribution in [0, 0.1) is 5.92 Å². The average molecular weight is 226 g/mol. The number of hydrogen-bond donors (Lipinski definition) is 1. The fraction of sp³-hybridized carbons (Fsp3) is 1.00. The molecule has 1 rings (SSSR count). The van der Waals surface area contributed by atoms with Gasteiger partial charge in [-0.3, -0.25) is 4.90 Å². The zero-order valence-electron chi connectivity index (χ0n) is 11.6. The van der Waals surface area contributed by atoms with E-state index in [9.17, 15) is 0 Å². The molecule has 0 aromatic rings. The standard InChI is InChI=1S/C14H30N2/c1-5-13(4)15-9-11-16(14-6-7-14)10-8-12(2)3/h12-15H,5-11H2,1-4H3. The fourth-order valence-corrected chi connectivity index (χ4v) is 1.94. The third-order valence-electron chi connectivity index (χ3n) is 3.56. The second-order valence-corrected chi connectivity index (χ2v) is 5.71. The summed E-state index contributed by atoms with van der Waals surface area (Å²) in [5, 5.41) is 3.59. The first-order valence-corrected chi connectivity index (χ1v) is 7.11. The maximum atomic E-state index is 3.59. The summed E-state index contributed by atoms with van der Waals surface area (Å²) >= 11 is 0. The van der Waals surface area contributed by atoms with E-state index >= 15 is 0 Å². The molecule has 1 atom stereocenters. The summed E-state index contributed by atoms with van der Waals surface area (Å²) in [6, 6.07) is 1.59. The van der Waals surface area contributed by atoms with Crippen molar-refractivity contribution in [2.45, 2.75) is 65.5 Å². The van der Waals surface area contributed by atoms with Gasteiger partial charge in [-0.2, -0.15) is 0 Å². The Kier molecular flexibility index (Phi) is 6.37. The van der Waals surface area contributed by atoms with Crippen molar-refractivity contribution in [3.63, 3.8) is 0 Å². The van der Waals surface area contributed by atoms with Gasteiger partial charge in [0.1, 0.15) is 0 Å². The van der Waals surface area contributed by atoms with E-state index in [4.69, 9.17) is 0 Å². The minimum absolute atomic E-state index is 0.672. The van der Waals surface area contributed by atoms with Gasteiger partial charge in [-0.15, -0.1) is 0 Å². The average Bonchev–Trinajstić information content (AvgIpc) is 3.06. The van der Waals surface area contributed by atoms with Crippen molar-refractivity contribution in [3.8, 4) is 0 Å². The molecule has 1 saturated carbocycles. The lowest BCUT2D eigenvalue weighted by Crippen LogP contribution is -2.37. The molecule has 1 N–H and O–H groups in total. The largest absolute Gasteiger partial charge is 0.313 e. The van der Waals surface area contributed by atoms with Gasteiger partial charge in [0.25, 0.3) is 0 Å². The summed E-state index contributed by atoms with van der Waals surface area (Å²) in [5.41, 5.74) is 0. The molecular weight excluding hydrogens is 196 g/mol. The van der Waals surface area contributed by atoms with Crippen LogP contribution in [0.15, 0.2) is 0 Å². The highest BCUT2D eigenvalue weighted by molar-refractivity contribution is 4.85. The Bertz CT molecular complexity index is 176. The van der Waals surface area contributed by atoms with E-state index in [0.29, 0.717) is 6.04 Å². The van der Waals surface area contributed by atoms with Crippen LogP contribution in [0.3, 0.4) is 0 Å². The first kappa shape index (κ1) is 14.0. The Balaban J connectivity index is 2.13. The van der Waals surface area contributed by atoms with Gasteiger partial charge in [-0.05, 0) is 45.1 Å². The first-order chi connectivity index (χ1) is 7.63. The maximum absolute atomic E-state index is 3.59. The molecule has 0 bridgehead atoms. The van der Waals surface area contributed by atoms with Crippen LogP contribution in [-0.4, -0.2) is 36.6 Å². The molecular formula is C14H30N2. The number of hydrogen-bond acceptors (Lipinski definition) is 2. The van der Waals surface area contributed by atoms with E-state index in [2.05, 4.69) is 37.9 Å². The summed E-state index contributed by atoms with van der Waals surface area (Å²) in [7, 11) is 0. The normalized spacial score (nSPS) is 18.4. The topological polar surface area (TPSA) is 15.3 Å². The summed E-state index contributed by atoms with van der Waals surface area (Å²) in [6.45, 7) is 12.9. The summed E-state index contributed by atoms with van der Waals surface area (Å²) < 4.78 is 0. The summed E-state index contributed by atoms with van der Waals surface area (Å²) in [4.78, 5) is 2.69. The number of nitrogens with one attached hydrogen (secondary N) is 1. The molecule has 0 heterocycles. The lowest BCUT2D eigenvalue weighted by Gasteiger charge is -2.24. The monoisotopic (exact) mass is 226 g/mol. The minimum Gasteiger partial charge on any atom is -0.313 e. The molecule has 0 saturated heterocycles. The smallest absolute Gasteiger partial charge is 0.0110 e. The quantitative estimate of drug-likeness (QED) is 0.650. The molecule has 1 unspecified atom stereocenters. The molecule has 2 nitrogen and oxygen atoms in total. The number of nitrogens with zero attached hydrogens (tertiary/aromatic N) is 1. The second kappa shape index (κ2) is 7.29. The highest BCUT2D eigenvalue weighted by Crippen LogP contribution is 2.26. The molecule has 96 valence electrons. The van der Waals surface area contributed by atoms with Crippen molar-refractivity contribution in [2.24, 2.45) is 5.92 Å². The molecule has 0 aromatic heterocycles. The van der Waals surface area contributed by atoms with Gasteiger partial charge in [-0.1, -0.05) is 20.8 Å². The Morgan fingerprint density at radius 1 is 1.19 bits per heavy atom. The molecule has 0 spiro atoms. The van der Waals surface area contributed by atoms with Crippen molar-refractivity contribution in [1.82, 2.24) is 10.2 Å². The van der Waals surface area contributed by atoms with Gasteiger partial charge in [0.2, 0.25) is 0 Å². The van der Waals surface area contributed by atoms with E-state index in [0.717, 1.165) is 18.5 Å². The second-order valence-electron chi connectivity index (χ2n) is 5.71. The summed E-state index contributed by atoms with van der Waals surface area (Å²) in [5.74, 6) is 0.837. The molecule has 0 amide bonds. The van der Waals surface area contributed by atoms with Crippen molar-refractivity contribution in [2.75, 3.05) is 19.6 Å². The van der Waals surface area contributed by atoms with Crippen LogP contribution in [0.1, 0.15) is 53.4 Å². The van der Waals surface area contributed by atoms with E-state index in [1.807, 2.05) is 0 Å². The minimum atomic E-state index is 0.672. The lowest BCUT2D eigenvalue weighted by atomic mass is 10.1. The third kappa shape index (κ3) is 5.86. The fourth-order valence-electron chi connectivity index (χ4n) is 1.94. The molecule has 1 fully saturated rings. The molecule has 0 aliphatic heterocycles. The molecule has 0 radical (unpaired) electrons. The highest BCUT2D eigenvalue weighted by atomic mass is 15.2. The molecule has 0 aromatic carbocycles. The Morgan fingerprint density at radius 3 is 2.38 bits per heavy atom. The van der Waals surface area contributed by atoms with Crippen molar-refractivity contribution < 1.29 is 0 Å². The third-order valence-corrected chi connectivity index (χ3v) is 3.56. The van der Waals surface area contributed by atoms with Crippen molar-refractivity contribution in [3.05, 3.63) is 0 Å². The van der Waals surface area contributed by atoms with Gasteiger partial charge in [-0.25, -0.2) is 0 Å². The zero-order valence-corrected chi connectivity index (χ0v) is 11.6. The number of rotatable bonds is 9. The van der Waals surface area contributed by atoms with Crippen LogP contribution in [-0.2, 0) is 0 Å². The first-order valence-electron chi connectivity index (χ1n) is 7.11. The van der Waals surface area contributed by atoms with Gasteiger partial charge >= 0.3 is 0 Å². The van der Waals surface area contributed by atoms with Crippen LogP contribution in [0.2, 0.25) is 0 Å². The summed E-state index contributed by atoms with van der Waals surface area (Å²) in [6.07, 6.45) is 5.44. The molecule has 2 heteroatoms. The van der Waals surface area contributed by atoms with E-state index < -0.39 is 0 Å². The molecule has 1 aliphatic rings. The Labute approximate surface area is 102 Å². The van der Waals surface area contributed by atoms with Gasteiger partial charge < -0.3 is 5.32 Å². The predicted octanol–water partition coefficient (Wildman–Crippen LogP) is 2.89. The van der Waals surface area contributed by atoms with E-state index in [-0.39, 0.29) is 0 Å². The van der Waals surface area contributed by atoms with Crippen molar-refractivity contribution >= 4 is 0 Å².